The smallest absolute Gasteiger partial charge is 0.137 e. The molecule has 2 fully saturated rings. The highest BCUT2D eigenvalue weighted by Crippen LogP contribution is 2.33. The molecule has 0 aromatic heterocycles. The summed E-state index contributed by atoms with van der Waals surface area (Å²) in [5, 5.41) is 0. The van der Waals surface area contributed by atoms with Gasteiger partial charge in [0.1, 0.15) is 5.78 Å². The zero-order chi connectivity index (χ0) is 12.3. The van der Waals surface area contributed by atoms with Crippen LogP contribution in [0.25, 0.3) is 0 Å². The number of ketones is 1. The number of rotatable bonds is 5. The van der Waals surface area contributed by atoms with Crippen molar-refractivity contribution in [3.8, 4) is 0 Å². The van der Waals surface area contributed by atoms with E-state index in [9.17, 15) is 4.79 Å². The predicted molar refractivity (Wildman–Crippen MR) is 71.0 cm³/mol. The van der Waals surface area contributed by atoms with Crippen LogP contribution in [-0.4, -0.2) is 29.8 Å². The molecule has 1 saturated heterocycles. The highest BCUT2D eigenvalue weighted by molar-refractivity contribution is 5.83. The van der Waals surface area contributed by atoms with Crippen LogP contribution in [0.1, 0.15) is 58.8 Å². The van der Waals surface area contributed by atoms with Crippen molar-refractivity contribution in [1.82, 2.24) is 4.90 Å². The second kappa shape index (κ2) is 5.99. The van der Waals surface area contributed by atoms with Crippen LogP contribution in [0.2, 0.25) is 0 Å². The summed E-state index contributed by atoms with van der Waals surface area (Å²) in [6, 6.07) is 0.587. The SMILES string of the molecule is CCCC(C)CN1CCCC1C1CCCC1=O. The molecule has 17 heavy (non-hydrogen) atoms. The highest BCUT2D eigenvalue weighted by atomic mass is 16.1. The number of hydrogen-bond donors (Lipinski definition) is 0. The van der Waals surface area contributed by atoms with Gasteiger partial charge in [0.05, 0.1) is 0 Å². The summed E-state index contributed by atoms with van der Waals surface area (Å²) in [6.07, 6.45) is 8.30. The van der Waals surface area contributed by atoms with Gasteiger partial charge in [0.25, 0.3) is 0 Å². The molecule has 2 rings (SSSR count). The topological polar surface area (TPSA) is 20.3 Å². The number of Topliss-reactive ketones (excluding diaryl/α,β-unsaturated/α-hetero) is 1. The summed E-state index contributed by atoms with van der Waals surface area (Å²) in [7, 11) is 0. The van der Waals surface area contributed by atoms with Gasteiger partial charge in [-0.05, 0) is 44.6 Å². The van der Waals surface area contributed by atoms with E-state index in [2.05, 4.69) is 18.7 Å². The molecule has 2 nitrogen and oxygen atoms in total. The molecule has 0 radical (unpaired) electrons. The Kier molecular flexibility index (Phi) is 4.61. The zero-order valence-electron chi connectivity index (χ0n) is 11.5. The minimum Gasteiger partial charge on any atom is -0.299 e. The minimum atomic E-state index is 0.381. The maximum Gasteiger partial charge on any atom is 0.137 e. The van der Waals surface area contributed by atoms with Gasteiger partial charge >= 0.3 is 0 Å². The fourth-order valence-electron chi connectivity index (χ4n) is 3.77. The molecule has 1 aliphatic carbocycles. The van der Waals surface area contributed by atoms with Crippen LogP contribution >= 0.6 is 0 Å². The van der Waals surface area contributed by atoms with Gasteiger partial charge in [0, 0.05) is 24.9 Å². The molecule has 2 aliphatic rings. The first kappa shape index (κ1) is 13.1. The van der Waals surface area contributed by atoms with Crippen molar-refractivity contribution in [3.63, 3.8) is 0 Å². The summed E-state index contributed by atoms with van der Waals surface area (Å²) in [5.74, 6) is 1.72. The van der Waals surface area contributed by atoms with Crippen molar-refractivity contribution in [2.45, 2.75) is 64.8 Å². The van der Waals surface area contributed by atoms with Crippen LogP contribution < -0.4 is 0 Å². The van der Waals surface area contributed by atoms with Gasteiger partial charge in [-0.25, -0.2) is 0 Å². The Labute approximate surface area is 106 Å². The Bertz CT molecular complexity index is 264. The number of carbonyl (C=O) groups excluding carboxylic acids is 1. The predicted octanol–water partition coefficient (Wildman–Crippen LogP) is 3.26. The zero-order valence-corrected chi connectivity index (χ0v) is 11.5. The van der Waals surface area contributed by atoms with Gasteiger partial charge in [-0.2, -0.15) is 0 Å². The summed E-state index contributed by atoms with van der Waals surface area (Å²) in [6.45, 7) is 7.05. The average Bonchev–Trinajstić information content (AvgIpc) is 2.87. The molecule has 0 bridgehead atoms. The summed E-state index contributed by atoms with van der Waals surface area (Å²) in [5.41, 5.74) is 0. The fraction of sp³-hybridized carbons (Fsp3) is 0.933. The molecule has 0 spiro atoms. The van der Waals surface area contributed by atoms with Crippen molar-refractivity contribution < 1.29 is 4.79 Å². The Balaban J connectivity index is 1.90. The monoisotopic (exact) mass is 237 g/mol. The quantitative estimate of drug-likeness (QED) is 0.731. The van der Waals surface area contributed by atoms with E-state index in [0.717, 1.165) is 25.2 Å². The third-order valence-corrected chi connectivity index (χ3v) is 4.56. The van der Waals surface area contributed by atoms with Crippen LogP contribution in [0.3, 0.4) is 0 Å². The molecule has 1 aliphatic heterocycles. The molecule has 0 N–H and O–H groups in total. The Morgan fingerprint density at radius 3 is 2.82 bits per heavy atom. The van der Waals surface area contributed by atoms with E-state index in [1.54, 1.807) is 0 Å². The fourth-order valence-corrected chi connectivity index (χ4v) is 3.77. The summed E-state index contributed by atoms with van der Waals surface area (Å²) in [4.78, 5) is 14.5. The molecule has 1 saturated carbocycles. The second-order valence-electron chi connectivity index (χ2n) is 6.06. The summed E-state index contributed by atoms with van der Waals surface area (Å²) >= 11 is 0. The van der Waals surface area contributed by atoms with Crippen LogP contribution in [-0.2, 0) is 4.79 Å². The van der Waals surface area contributed by atoms with Crippen molar-refractivity contribution in [2.24, 2.45) is 11.8 Å². The van der Waals surface area contributed by atoms with Crippen molar-refractivity contribution in [1.29, 1.82) is 0 Å². The maximum absolute atomic E-state index is 11.9. The molecule has 1 heterocycles. The Morgan fingerprint density at radius 1 is 1.35 bits per heavy atom. The van der Waals surface area contributed by atoms with E-state index in [-0.39, 0.29) is 0 Å². The van der Waals surface area contributed by atoms with Crippen molar-refractivity contribution >= 4 is 5.78 Å². The van der Waals surface area contributed by atoms with E-state index in [1.165, 1.54) is 38.8 Å². The molecule has 0 aromatic carbocycles. The minimum absolute atomic E-state index is 0.381. The first-order chi connectivity index (χ1) is 8.22. The third-order valence-electron chi connectivity index (χ3n) is 4.56. The van der Waals surface area contributed by atoms with Gasteiger partial charge < -0.3 is 0 Å². The molecule has 3 unspecified atom stereocenters. The van der Waals surface area contributed by atoms with E-state index in [4.69, 9.17) is 0 Å². The largest absolute Gasteiger partial charge is 0.299 e. The first-order valence-corrected chi connectivity index (χ1v) is 7.49. The van der Waals surface area contributed by atoms with Gasteiger partial charge in [-0.1, -0.05) is 20.3 Å². The van der Waals surface area contributed by atoms with Gasteiger partial charge in [-0.3, -0.25) is 9.69 Å². The van der Waals surface area contributed by atoms with Crippen LogP contribution in [0, 0.1) is 11.8 Å². The maximum atomic E-state index is 11.9. The normalized spacial score (nSPS) is 32.2. The molecule has 0 amide bonds. The summed E-state index contributed by atoms with van der Waals surface area (Å²) < 4.78 is 0. The van der Waals surface area contributed by atoms with Gasteiger partial charge in [0.15, 0.2) is 0 Å². The standard InChI is InChI=1S/C15H27NO/c1-3-6-12(2)11-16-10-5-8-14(16)13-7-4-9-15(13)17/h12-14H,3-11H2,1-2H3. The van der Waals surface area contributed by atoms with Crippen LogP contribution in [0.15, 0.2) is 0 Å². The highest BCUT2D eigenvalue weighted by Gasteiger charge is 2.38. The lowest BCUT2D eigenvalue weighted by Gasteiger charge is -2.30. The number of hydrogen-bond acceptors (Lipinski definition) is 2. The van der Waals surface area contributed by atoms with Crippen molar-refractivity contribution in [2.75, 3.05) is 13.1 Å². The molecule has 98 valence electrons. The van der Waals surface area contributed by atoms with E-state index in [1.807, 2.05) is 0 Å². The lowest BCUT2D eigenvalue weighted by Crippen LogP contribution is -2.39. The van der Waals surface area contributed by atoms with Gasteiger partial charge in [0.2, 0.25) is 0 Å². The van der Waals surface area contributed by atoms with E-state index in [0.29, 0.717) is 17.7 Å². The Hall–Kier alpha value is -0.370. The molecule has 0 aromatic rings. The van der Waals surface area contributed by atoms with E-state index < -0.39 is 0 Å². The number of likely N-dealkylation sites (tertiary alicyclic amines) is 1. The average molecular weight is 237 g/mol. The van der Waals surface area contributed by atoms with Gasteiger partial charge in [-0.15, -0.1) is 0 Å². The number of carbonyl (C=O) groups is 1. The van der Waals surface area contributed by atoms with E-state index >= 15 is 0 Å². The van der Waals surface area contributed by atoms with Crippen molar-refractivity contribution in [3.05, 3.63) is 0 Å². The Morgan fingerprint density at radius 2 is 2.18 bits per heavy atom. The molecular weight excluding hydrogens is 210 g/mol. The molecule has 2 heteroatoms. The third kappa shape index (κ3) is 3.09. The van der Waals surface area contributed by atoms with Crippen LogP contribution in [0.4, 0.5) is 0 Å². The molecule has 3 atom stereocenters. The first-order valence-electron chi connectivity index (χ1n) is 7.49. The number of nitrogens with zero attached hydrogens (tertiary/aromatic N) is 1. The lowest BCUT2D eigenvalue weighted by atomic mass is 9.94. The lowest BCUT2D eigenvalue weighted by molar-refractivity contribution is -0.122. The second-order valence-corrected chi connectivity index (χ2v) is 6.06. The van der Waals surface area contributed by atoms with Crippen LogP contribution in [0.5, 0.6) is 0 Å². The molecular formula is C15H27NO.